The average molecular weight is 392 g/mol. The van der Waals surface area contributed by atoms with Gasteiger partial charge in [0.25, 0.3) is 0 Å². The fourth-order valence-corrected chi connectivity index (χ4v) is 9.29. The summed E-state index contributed by atoms with van der Waals surface area (Å²) in [6.07, 6.45) is 11.4. The van der Waals surface area contributed by atoms with Crippen molar-refractivity contribution in [2.45, 2.75) is 65.2 Å². The molecule has 156 valence electrons. The van der Waals surface area contributed by atoms with Gasteiger partial charge in [-0.3, -0.25) is 4.79 Å². The molecule has 5 fully saturated rings. The maximum absolute atomic E-state index is 13.4. The predicted molar refractivity (Wildman–Crippen MR) is 117 cm³/mol. The second-order valence-corrected chi connectivity index (χ2v) is 11.7. The normalized spacial score (nSPS) is 49.9. The summed E-state index contributed by atoms with van der Waals surface area (Å²) < 4.78 is 0. The van der Waals surface area contributed by atoms with Gasteiger partial charge in [-0.05, 0) is 110 Å². The lowest BCUT2D eigenvalue weighted by Crippen LogP contribution is -2.51. The third-order valence-electron chi connectivity index (χ3n) is 10.3. The summed E-state index contributed by atoms with van der Waals surface area (Å²) >= 11 is 0. The quantitative estimate of drug-likeness (QED) is 0.622. The van der Waals surface area contributed by atoms with Gasteiger partial charge < -0.3 is 5.32 Å². The molecule has 2 unspecified atom stereocenters. The second kappa shape index (κ2) is 6.59. The first-order chi connectivity index (χ1) is 14.1. The van der Waals surface area contributed by atoms with Crippen LogP contribution < -0.4 is 5.32 Å². The lowest BCUT2D eigenvalue weighted by atomic mass is 9.48. The number of hydrogen-bond donors (Lipinski definition) is 1. The molecular weight excluding hydrogens is 354 g/mol. The van der Waals surface area contributed by atoms with Crippen LogP contribution >= 0.6 is 0 Å². The zero-order valence-electron chi connectivity index (χ0n) is 18.1. The smallest absolute Gasteiger partial charge is 0.228 e. The van der Waals surface area contributed by atoms with Crippen LogP contribution in [0, 0.1) is 58.7 Å². The minimum atomic E-state index is 0.239. The first kappa shape index (κ1) is 18.5. The van der Waals surface area contributed by atoms with Crippen LogP contribution in [-0.2, 0) is 4.79 Å². The fraction of sp³-hybridized carbons (Fsp3) is 0.741. The standard InChI is InChI=1S/C27H37NO/c1-16-8-10-19-17(14-16)9-11-21-20(19)12-13-27(2)24(21)22-15-23(22)25(27)26(29)28-18-6-4-3-5-7-18/h3-7,16-17,19-25H,8-15H2,1-2H3,(H,28,29)/t16-,17+,19-,20+,21+,22?,23?,24+,25+,27-/m0/s1. The fourth-order valence-electron chi connectivity index (χ4n) is 9.29. The largest absolute Gasteiger partial charge is 0.326 e. The molecule has 1 aromatic rings. The molecule has 5 saturated carbocycles. The summed E-state index contributed by atoms with van der Waals surface area (Å²) in [4.78, 5) is 13.4. The summed E-state index contributed by atoms with van der Waals surface area (Å²) in [5.74, 6) is 7.72. The van der Waals surface area contributed by atoms with Crippen LogP contribution in [0.4, 0.5) is 5.69 Å². The van der Waals surface area contributed by atoms with E-state index in [-0.39, 0.29) is 11.3 Å². The number of benzene rings is 1. The van der Waals surface area contributed by atoms with Gasteiger partial charge in [-0.1, -0.05) is 38.5 Å². The van der Waals surface area contributed by atoms with E-state index in [1.807, 2.05) is 30.3 Å². The van der Waals surface area contributed by atoms with E-state index in [0.717, 1.165) is 47.1 Å². The van der Waals surface area contributed by atoms with Crippen molar-refractivity contribution in [3.63, 3.8) is 0 Å². The van der Waals surface area contributed by atoms with E-state index in [1.165, 1.54) is 51.4 Å². The van der Waals surface area contributed by atoms with Crippen LogP contribution in [0.15, 0.2) is 30.3 Å². The molecule has 0 aliphatic heterocycles. The van der Waals surface area contributed by atoms with Crippen LogP contribution in [0.1, 0.15) is 65.2 Å². The molecule has 0 heterocycles. The number of fused-ring (bicyclic) bond motifs is 7. The molecule has 1 aromatic carbocycles. The molecule has 0 bridgehead atoms. The highest BCUT2D eigenvalue weighted by Crippen LogP contribution is 2.74. The maximum Gasteiger partial charge on any atom is 0.228 e. The molecular formula is C27H37NO. The van der Waals surface area contributed by atoms with Crippen LogP contribution in [-0.4, -0.2) is 5.91 Å². The zero-order valence-corrected chi connectivity index (χ0v) is 18.1. The predicted octanol–water partition coefficient (Wildman–Crippen LogP) is 6.39. The number of para-hydroxylation sites is 1. The van der Waals surface area contributed by atoms with E-state index >= 15 is 0 Å². The summed E-state index contributed by atoms with van der Waals surface area (Å²) in [7, 11) is 0. The highest BCUT2D eigenvalue weighted by molar-refractivity contribution is 5.94. The van der Waals surface area contributed by atoms with E-state index < -0.39 is 0 Å². The highest BCUT2D eigenvalue weighted by Gasteiger charge is 2.70. The van der Waals surface area contributed by atoms with Gasteiger partial charge in [0.15, 0.2) is 0 Å². The molecule has 0 aromatic heterocycles. The first-order valence-corrected chi connectivity index (χ1v) is 12.4. The minimum absolute atomic E-state index is 0.239. The molecule has 0 radical (unpaired) electrons. The summed E-state index contributed by atoms with van der Waals surface area (Å²) in [6, 6.07) is 10.1. The molecule has 10 atom stereocenters. The number of amides is 1. The van der Waals surface area contributed by atoms with Gasteiger partial charge in [0.1, 0.15) is 0 Å². The SMILES string of the molecule is C[C@H]1CC[C@H]2[C@H](CC[C@@H]3[C@@H]2CC[C@]2(C)[C@@H](C(=O)Nc4ccccc4)C4CC4[C@@H]32)C1. The Bertz CT molecular complexity index is 789. The second-order valence-electron chi connectivity index (χ2n) is 11.7. The lowest BCUT2D eigenvalue weighted by Gasteiger charge is -2.57. The Kier molecular flexibility index (Phi) is 4.20. The molecule has 5 aliphatic rings. The zero-order chi connectivity index (χ0) is 19.8. The monoisotopic (exact) mass is 391 g/mol. The molecule has 0 saturated heterocycles. The van der Waals surface area contributed by atoms with Crippen molar-refractivity contribution in [3.8, 4) is 0 Å². The third-order valence-corrected chi connectivity index (χ3v) is 10.3. The summed E-state index contributed by atoms with van der Waals surface area (Å²) in [5, 5.41) is 3.28. The maximum atomic E-state index is 13.4. The third kappa shape index (κ3) is 2.77. The van der Waals surface area contributed by atoms with Crippen molar-refractivity contribution < 1.29 is 4.79 Å². The Morgan fingerprint density at radius 2 is 1.69 bits per heavy atom. The summed E-state index contributed by atoms with van der Waals surface area (Å²) in [6.45, 7) is 4.98. The Morgan fingerprint density at radius 3 is 2.52 bits per heavy atom. The molecule has 5 aliphatic carbocycles. The molecule has 2 nitrogen and oxygen atoms in total. The molecule has 0 spiro atoms. The van der Waals surface area contributed by atoms with Crippen LogP contribution in [0.3, 0.4) is 0 Å². The lowest BCUT2D eigenvalue weighted by molar-refractivity contribution is -0.130. The van der Waals surface area contributed by atoms with E-state index in [0.29, 0.717) is 11.8 Å². The molecule has 29 heavy (non-hydrogen) atoms. The molecule has 1 N–H and O–H groups in total. The van der Waals surface area contributed by atoms with Crippen LogP contribution in [0.5, 0.6) is 0 Å². The highest BCUT2D eigenvalue weighted by atomic mass is 16.2. The van der Waals surface area contributed by atoms with E-state index in [9.17, 15) is 4.79 Å². The Morgan fingerprint density at radius 1 is 0.897 bits per heavy atom. The minimum Gasteiger partial charge on any atom is -0.326 e. The molecule has 6 rings (SSSR count). The number of carbonyl (C=O) groups is 1. The Hall–Kier alpha value is -1.31. The topological polar surface area (TPSA) is 29.1 Å². The number of carbonyl (C=O) groups excluding carboxylic acids is 1. The number of nitrogens with one attached hydrogen (secondary N) is 1. The van der Waals surface area contributed by atoms with Crippen LogP contribution in [0.25, 0.3) is 0 Å². The van der Waals surface area contributed by atoms with Crippen LogP contribution in [0.2, 0.25) is 0 Å². The number of hydrogen-bond acceptors (Lipinski definition) is 1. The van der Waals surface area contributed by atoms with Crippen molar-refractivity contribution in [2.75, 3.05) is 5.32 Å². The van der Waals surface area contributed by atoms with Crippen molar-refractivity contribution in [3.05, 3.63) is 30.3 Å². The van der Waals surface area contributed by atoms with Gasteiger partial charge in [-0.25, -0.2) is 0 Å². The molecule has 2 heteroatoms. The number of anilines is 1. The van der Waals surface area contributed by atoms with Crippen molar-refractivity contribution in [1.82, 2.24) is 0 Å². The van der Waals surface area contributed by atoms with Gasteiger partial charge >= 0.3 is 0 Å². The van der Waals surface area contributed by atoms with E-state index in [4.69, 9.17) is 0 Å². The van der Waals surface area contributed by atoms with Gasteiger partial charge in [-0.2, -0.15) is 0 Å². The molecule has 1 amide bonds. The first-order valence-electron chi connectivity index (χ1n) is 12.4. The van der Waals surface area contributed by atoms with Gasteiger partial charge in [0.2, 0.25) is 5.91 Å². The Balaban J connectivity index is 1.24. The average Bonchev–Trinajstić information content (AvgIpc) is 3.42. The summed E-state index contributed by atoms with van der Waals surface area (Å²) in [5.41, 5.74) is 1.20. The van der Waals surface area contributed by atoms with E-state index in [1.54, 1.807) is 0 Å². The van der Waals surface area contributed by atoms with Crippen molar-refractivity contribution >= 4 is 11.6 Å². The van der Waals surface area contributed by atoms with Gasteiger partial charge in [0, 0.05) is 11.6 Å². The van der Waals surface area contributed by atoms with Crippen molar-refractivity contribution in [1.29, 1.82) is 0 Å². The van der Waals surface area contributed by atoms with Crippen molar-refractivity contribution in [2.24, 2.45) is 58.7 Å². The van der Waals surface area contributed by atoms with Gasteiger partial charge in [-0.15, -0.1) is 0 Å². The van der Waals surface area contributed by atoms with Gasteiger partial charge in [0.05, 0.1) is 0 Å². The van der Waals surface area contributed by atoms with E-state index in [2.05, 4.69) is 19.2 Å². The Labute approximate surface area is 176 Å². The number of rotatable bonds is 2.